The van der Waals surface area contributed by atoms with Gasteiger partial charge in [-0.2, -0.15) is 9.40 Å². The summed E-state index contributed by atoms with van der Waals surface area (Å²) in [6.45, 7) is 0.540. The molecule has 0 aliphatic carbocycles. The van der Waals surface area contributed by atoms with Crippen LogP contribution in [0.25, 0.3) is 11.0 Å². The van der Waals surface area contributed by atoms with E-state index in [9.17, 15) is 13.5 Å². The van der Waals surface area contributed by atoms with E-state index >= 15 is 0 Å². The molecule has 3 aromatic rings. The quantitative estimate of drug-likeness (QED) is 0.712. The number of aromatic nitrogens is 4. The molecule has 0 saturated carbocycles. The van der Waals surface area contributed by atoms with E-state index in [1.54, 1.807) is 29.2 Å². The fraction of sp³-hybridized carbons (Fsp3) is 0.375. The Balaban J connectivity index is 1.69. The van der Waals surface area contributed by atoms with Crippen molar-refractivity contribution in [2.75, 3.05) is 19.7 Å². The van der Waals surface area contributed by atoms with E-state index in [1.807, 2.05) is 13.2 Å². The average Bonchev–Trinajstić information content (AvgIpc) is 3.31. The molecular weight excluding hydrogens is 342 g/mol. The van der Waals surface area contributed by atoms with Crippen molar-refractivity contribution in [1.29, 1.82) is 0 Å². The van der Waals surface area contributed by atoms with Crippen molar-refractivity contribution in [2.45, 2.75) is 10.8 Å². The molecule has 132 valence electrons. The summed E-state index contributed by atoms with van der Waals surface area (Å²) in [7, 11) is -1.86. The van der Waals surface area contributed by atoms with Gasteiger partial charge in [0, 0.05) is 62.6 Å². The van der Waals surface area contributed by atoms with Crippen LogP contribution in [-0.2, 0) is 17.1 Å². The smallest absolute Gasteiger partial charge is 0.245 e. The van der Waals surface area contributed by atoms with Crippen LogP contribution in [0.3, 0.4) is 0 Å². The second kappa shape index (κ2) is 5.94. The summed E-state index contributed by atoms with van der Waals surface area (Å²) in [5.74, 6) is -0.223. The number of aliphatic hydroxyl groups excluding tert-OH is 1. The summed E-state index contributed by atoms with van der Waals surface area (Å²) in [4.78, 5) is 7.28. The number of aliphatic hydroxyl groups is 1. The molecule has 8 nitrogen and oxygen atoms in total. The molecule has 1 aliphatic rings. The van der Waals surface area contributed by atoms with Crippen LogP contribution in [0.1, 0.15) is 11.5 Å². The summed E-state index contributed by atoms with van der Waals surface area (Å²) >= 11 is 0. The normalized spacial score (nSPS) is 22.0. The largest absolute Gasteiger partial charge is 0.396 e. The summed E-state index contributed by atoms with van der Waals surface area (Å²) in [6, 6.07) is 3.46. The lowest BCUT2D eigenvalue weighted by Crippen LogP contribution is -2.29. The first-order chi connectivity index (χ1) is 12.0. The summed E-state index contributed by atoms with van der Waals surface area (Å²) in [6.07, 6.45) is 6.71. The molecular formula is C16H19N5O3S. The molecule has 0 unspecified atom stereocenters. The van der Waals surface area contributed by atoms with E-state index < -0.39 is 10.0 Å². The first kappa shape index (κ1) is 16.2. The standard InChI is InChI=1S/C16H19N5O3S/c1-20-7-11(5-19-20)14-9-21(8-12(14)10-22)25(23,24)15-6-18-16-13(15)3-2-4-17-16/h2-7,12,14,22H,8-10H2,1H3,(H,17,18)/t12-,14-/m0/s1. The number of H-pyrrole nitrogens is 1. The summed E-state index contributed by atoms with van der Waals surface area (Å²) in [5, 5.41) is 14.5. The lowest BCUT2D eigenvalue weighted by molar-refractivity contribution is 0.223. The molecule has 4 heterocycles. The Morgan fingerprint density at radius 1 is 1.40 bits per heavy atom. The van der Waals surface area contributed by atoms with Crippen molar-refractivity contribution in [2.24, 2.45) is 13.0 Å². The first-order valence-corrected chi connectivity index (χ1v) is 9.46. The molecule has 25 heavy (non-hydrogen) atoms. The first-order valence-electron chi connectivity index (χ1n) is 8.02. The zero-order valence-electron chi connectivity index (χ0n) is 13.7. The van der Waals surface area contributed by atoms with Gasteiger partial charge in [-0.05, 0) is 17.7 Å². The molecule has 0 radical (unpaired) electrons. The highest BCUT2D eigenvalue weighted by atomic mass is 32.2. The molecule has 0 bridgehead atoms. The highest BCUT2D eigenvalue weighted by Gasteiger charge is 2.41. The van der Waals surface area contributed by atoms with Crippen LogP contribution in [-0.4, -0.2) is 57.3 Å². The summed E-state index contributed by atoms with van der Waals surface area (Å²) < 4.78 is 29.4. The van der Waals surface area contributed by atoms with Gasteiger partial charge in [-0.25, -0.2) is 13.4 Å². The van der Waals surface area contributed by atoms with Gasteiger partial charge in [-0.1, -0.05) is 0 Å². The second-order valence-corrected chi connectivity index (χ2v) is 8.28. The van der Waals surface area contributed by atoms with Crippen LogP contribution < -0.4 is 0 Å². The molecule has 3 aromatic heterocycles. The van der Waals surface area contributed by atoms with E-state index in [0.29, 0.717) is 17.6 Å². The molecule has 4 rings (SSSR count). The zero-order chi connectivity index (χ0) is 17.6. The lowest BCUT2D eigenvalue weighted by Gasteiger charge is -2.15. The maximum absolute atomic E-state index is 13.1. The number of hydrogen-bond acceptors (Lipinski definition) is 5. The number of sulfonamides is 1. The average molecular weight is 361 g/mol. The van der Waals surface area contributed by atoms with Gasteiger partial charge in [-0.3, -0.25) is 4.68 Å². The minimum Gasteiger partial charge on any atom is -0.396 e. The molecule has 1 fully saturated rings. The fourth-order valence-corrected chi connectivity index (χ4v) is 5.18. The fourth-order valence-electron chi connectivity index (χ4n) is 3.51. The molecule has 2 N–H and O–H groups in total. The van der Waals surface area contributed by atoms with Gasteiger partial charge < -0.3 is 10.1 Å². The van der Waals surface area contributed by atoms with E-state index in [4.69, 9.17) is 0 Å². The van der Waals surface area contributed by atoms with Crippen molar-refractivity contribution in [3.8, 4) is 0 Å². The molecule has 2 atom stereocenters. The van der Waals surface area contributed by atoms with Crippen LogP contribution in [0.15, 0.2) is 41.8 Å². The van der Waals surface area contributed by atoms with Crippen LogP contribution in [0.2, 0.25) is 0 Å². The van der Waals surface area contributed by atoms with Gasteiger partial charge in [0.25, 0.3) is 0 Å². The Kier molecular flexibility index (Phi) is 3.86. The number of hydrogen-bond donors (Lipinski definition) is 2. The Hall–Kier alpha value is -2.23. The molecule has 1 aliphatic heterocycles. The molecule has 0 aromatic carbocycles. The maximum atomic E-state index is 13.1. The number of nitrogens with zero attached hydrogens (tertiary/aromatic N) is 4. The molecule has 0 amide bonds. The number of pyridine rings is 1. The zero-order valence-corrected chi connectivity index (χ0v) is 14.5. The van der Waals surface area contributed by atoms with Gasteiger partial charge in [0.15, 0.2) is 0 Å². The molecule has 9 heteroatoms. The van der Waals surface area contributed by atoms with E-state index in [-0.39, 0.29) is 29.9 Å². The van der Waals surface area contributed by atoms with Crippen LogP contribution >= 0.6 is 0 Å². The number of aryl methyl sites for hydroxylation is 1. The van der Waals surface area contributed by atoms with Crippen molar-refractivity contribution >= 4 is 21.1 Å². The van der Waals surface area contributed by atoms with Crippen LogP contribution in [0.5, 0.6) is 0 Å². The van der Waals surface area contributed by atoms with E-state index in [2.05, 4.69) is 15.1 Å². The van der Waals surface area contributed by atoms with Gasteiger partial charge in [0.05, 0.1) is 6.20 Å². The van der Waals surface area contributed by atoms with Crippen molar-refractivity contribution in [1.82, 2.24) is 24.1 Å². The SMILES string of the molecule is Cn1cc([C@@H]2CN(S(=O)(=O)c3c[nH]c4ncccc34)C[C@H]2CO)cn1. The Morgan fingerprint density at radius 3 is 2.96 bits per heavy atom. The monoisotopic (exact) mass is 361 g/mol. The van der Waals surface area contributed by atoms with Crippen LogP contribution in [0.4, 0.5) is 0 Å². The van der Waals surface area contributed by atoms with Gasteiger partial charge in [-0.15, -0.1) is 0 Å². The predicted molar refractivity (Wildman–Crippen MR) is 91.4 cm³/mol. The Labute approximate surface area is 145 Å². The van der Waals surface area contributed by atoms with Gasteiger partial charge in [0.2, 0.25) is 10.0 Å². The van der Waals surface area contributed by atoms with Crippen molar-refractivity contribution in [3.05, 3.63) is 42.5 Å². The van der Waals surface area contributed by atoms with E-state index in [0.717, 1.165) is 5.56 Å². The molecule has 1 saturated heterocycles. The third kappa shape index (κ3) is 2.64. The minimum absolute atomic E-state index is 0.0684. The minimum atomic E-state index is -3.68. The lowest BCUT2D eigenvalue weighted by atomic mass is 9.92. The number of rotatable bonds is 4. The Morgan fingerprint density at radius 2 is 2.24 bits per heavy atom. The topological polar surface area (TPSA) is 104 Å². The second-order valence-electron chi connectivity index (χ2n) is 6.37. The van der Waals surface area contributed by atoms with E-state index in [1.165, 1.54) is 10.5 Å². The third-order valence-corrected chi connectivity index (χ3v) is 6.70. The van der Waals surface area contributed by atoms with Gasteiger partial charge in [0.1, 0.15) is 10.5 Å². The highest BCUT2D eigenvalue weighted by molar-refractivity contribution is 7.89. The van der Waals surface area contributed by atoms with Crippen LogP contribution in [0, 0.1) is 5.92 Å². The number of aromatic amines is 1. The maximum Gasteiger partial charge on any atom is 0.245 e. The highest BCUT2D eigenvalue weighted by Crippen LogP contribution is 2.36. The van der Waals surface area contributed by atoms with Crippen molar-refractivity contribution < 1.29 is 13.5 Å². The Bertz CT molecular complexity index is 1010. The number of fused-ring (bicyclic) bond motifs is 1. The number of nitrogens with one attached hydrogen (secondary N) is 1. The predicted octanol–water partition coefficient (Wildman–Crippen LogP) is 0.693. The van der Waals surface area contributed by atoms with Gasteiger partial charge >= 0.3 is 0 Å². The van der Waals surface area contributed by atoms with Crippen molar-refractivity contribution in [3.63, 3.8) is 0 Å². The summed E-state index contributed by atoms with van der Waals surface area (Å²) in [5.41, 5.74) is 1.49. The third-order valence-electron chi connectivity index (χ3n) is 4.83. The molecule has 0 spiro atoms.